The van der Waals surface area contributed by atoms with Crippen molar-refractivity contribution >= 4 is 16.7 Å². The van der Waals surface area contributed by atoms with Crippen LogP contribution in [0, 0.1) is 6.92 Å². The van der Waals surface area contributed by atoms with Crippen LogP contribution < -0.4 is 15.7 Å². The highest BCUT2D eigenvalue weighted by molar-refractivity contribution is 5.82. The number of fused-ring (bicyclic) bond motifs is 2. The van der Waals surface area contributed by atoms with Crippen LogP contribution in [-0.4, -0.2) is 33.6 Å². The third-order valence-electron chi connectivity index (χ3n) is 4.77. The predicted molar refractivity (Wildman–Crippen MR) is 101 cm³/mol. The smallest absolute Gasteiger partial charge is 0.345 e. The minimum atomic E-state index is -0.428. The number of aromatic nitrogens is 3. The van der Waals surface area contributed by atoms with E-state index in [1.807, 2.05) is 31.3 Å². The lowest BCUT2D eigenvalue weighted by molar-refractivity contribution is 0.223. The normalized spacial score (nSPS) is 17.0. The van der Waals surface area contributed by atoms with Gasteiger partial charge in [-0.1, -0.05) is 0 Å². The van der Waals surface area contributed by atoms with E-state index in [1.165, 1.54) is 0 Å². The molecule has 1 aliphatic rings. The first-order valence-electron chi connectivity index (χ1n) is 8.94. The van der Waals surface area contributed by atoms with Gasteiger partial charge in [0.1, 0.15) is 17.4 Å². The number of nitrogens with zero attached hydrogens (tertiary/aromatic N) is 3. The molecule has 7 heteroatoms. The number of hydrogen-bond acceptors (Lipinski definition) is 6. The summed E-state index contributed by atoms with van der Waals surface area (Å²) in [7, 11) is 0. The molecule has 1 atom stereocenters. The molecule has 0 radical (unpaired) electrons. The van der Waals surface area contributed by atoms with Gasteiger partial charge in [0.15, 0.2) is 0 Å². The summed E-state index contributed by atoms with van der Waals surface area (Å²) in [6.07, 6.45) is 4.79. The summed E-state index contributed by atoms with van der Waals surface area (Å²) in [5, 5.41) is 4.09. The lowest BCUT2D eigenvalue weighted by atomic mass is 10.1. The molecule has 136 valence electrons. The highest BCUT2D eigenvalue weighted by Gasteiger charge is 2.17. The number of imidazole rings is 1. The highest BCUT2D eigenvalue weighted by atomic mass is 16.5. The van der Waals surface area contributed by atoms with Crippen molar-refractivity contribution in [3.8, 4) is 17.0 Å². The molecule has 1 aromatic carbocycles. The van der Waals surface area contributed by atoms with E-state index >= 15 is 0 Å². The third-order valence-corrected chi connectivity index (χ3v) is 4.77. The van der Waals surface area contributed by atoms with Crippen molar-refractivity contribution in [2.45, 2.75) is 19.4 Å². The fourth-order valence-corrected chi connectivity index (χ4v) is 3.35. The molecule has 1 unspecified atom stereocenters. The molecule has 1 N–H and O–H groups in total. The van der Waals surface area contributed by atoms with Crippen molar-refractivity contribution in [3.63, 3.8) is 0 Å². The molecule has 0 aliphatic carbocycles. The first-order chi connectivity index (χ1) is 13.2. The van der Waals surface area contributed by atoms with Crippen molar-refractivity contribution in [1.82, 2.24) is 19.7 Å². The molecule has 1 fully saturated rings. The molecule has 1 saturated heterocycles. The van der Waals surface area contributed by atoms with E-state index in [0.717, 1.165) is 30.6 Å². The monoisotopic (exact) mass is 362 g/mol. The van der Waals surface area contributed by atoms with Crippen molar-refractivity contribution in [2.24, 2.45) is 0 Å². The Hall–Kier alpha value is -3.19. The quantitative estimate of drug-likeness (QED) is 0.564. The lowest BCUT2D eigenvalue weighted by Gasteiger charge is -2.12. The topological polar surface area (TPSA) is 81.7 Å². The summed E-state index contributed by atoms with van der Waals surface area (Å²) < 4.78 is 13.3. The largest absolute Gasteiger partial charge is 0.489 e. The predicted octanol–water partition coefficient (Wildman–Crippen LogP) is 2.55. The second-order valence-electron chi connectivity index (χ2n) is 6.78. The van der Waals surface area contributed by atoms with Crippen LogP contribution in [0.3, 0.4) is 0 Å². The Bertz CT molecular complexity index is 1210. The summed E-state index contributed by atoms with van der Waals surface area (Å²) >= 11 is 0. The van der Waals surface area contributed by atoms with Gasteiger partial charge in [-0.3, -0.25) is 4.40 Å². The molecule has 5 rings (SSSR count). The van der Waals surface area contributed by atoms with E-state index in [9.17, 15) is 4.79 Å². The summed E-state index contributed by atoms with van der Waals surface area (Å²) in [6.45, 7) is 3.70. The second-order valence-corrected chi connectivity index (χ2v) is 6.78. The van der Waals surface area contributed by atoms with Crippen LogP contribution in [0.25, 0.3) is 28.0 Å². The van der Waals surface area contributed by atoms with E-state index in [0.29, 0.717) is 28.4 Å². The fraction of sp³-hybridized carbons (Fsp3) is 0.250. The number of ether oxygens (including phenoxy) is 1. The molecule has 0 bridgehead atoms. The van der Waals surface area contributed by atoms with Crippen LogP contribution in [0.15, 0.2) is 51.9 Å². The Kier molecular flexibility index (Phi) is 3.68. The zero-order valence-electron chi connectivity index (χ0n) is 14.8. The van der Waals surface area contributed by atoms with E-state index in [2.05, 4.69) is 15.3 Å². The number of benzene rings is 1. The van der Waals surface area contributed by atoms with Crippen LogP contribution >= 0.6 is 0 Å². The van der Waals surface area contributed by atoms with Gasteiger partial charge in [0, 0.05) is 36.1 Å². The first kappa shape index (κ1) is 16.0. The molecule has 0 saturated carbocycles. The molecule has 3 aromatic heterocycles. The van der Waals surface area contributed by atoms with Crippen LogP contribution in [0.1, 0.15) is 12.1 Å². The molecular formula is C20H18N4O3. The Morgan fingerprint density at radius 1 is 1.26 bits per heavy atom. The van der Waals surface area contributed by atoms with Gasteiger partial charge in [0.25, 0.3) is 0 Å². The molecule has 7 nitrogen and oxygen atoms in total. The molecule has 0 amide bonds. The average Bonchev–Trinajstić information content (AvgIpc) is 3.30. The van der Waals surface area contributed by atoms with Gasteiger partial charge in [-0.25, -0.2) is 14.8 Å². The van der Waals surface area contributed by atoms with Crippen LogP contribution in [0.5, 0.6) is 5.75 Å². The Morgan fingerprint density at radius 2 is 2.19 bits per heavy atom. The fourth-order valence-electron chi connectivity index (χ4n) is 3.35. The number of hydrogen-bond donors (Lipinski definition) is 1. The van der Waals surface area contributed by atoms with E-state index in [1.54, 1.807) is 22.7 Å². The van der Waals surface area contributed by atoms with Crippen LogP contribution in [-0.2, 0) is 0 Å². The minimum absolute atomic E-state index is 0.155. The first-order valence-corrected chi connectivity index (χ1v) is 8.94. The number of rotatable bonds is 3. The minimum Gasteiger partial charge on any atom is -0.489 e. The molecule has 1 aliphatic heterocycles. The summed E-state index contributed by atoms with van der Waals surface area (Å²) in [4.78, 5) is 21.4. The molecule has 0 spiro atoms. The van der Waals surface area contributed by atoms with Crippen molar-refractivity contribution in [2.75, 3.05) is 13.1 Å². The zero-order valence-corrected chi connectivity index (χ0v) is 14.8. The SMILES string of the molecule is Cc1ccn2cc(-c3cc4ccc(OC5CCNC5)cc4oc3=O)nc2n1. The second kappa shape index (κ2) is 6.21. The molecular weight excluding hydrogens is 344 g/mol. The van der Waals surface area contributed by atoms with Gasteiger partial charge in [-0.15, -0.1) is 0 Å². The van der Waals surface area contributed by atoms with Gasteiger partial charge in [-0.05, 0) is 44.2 Å². The molecule has 4 heterocycles. The molecule has 4 aromatic rings. The van der Waals surface area contributed by atoms with Crippen LogP contribution in [0.4, 0.5) is 0 Å². The van der Waals surface area contributed by atoms with Gasteiger partial charge >= 0.3 is 5.63 Å². The highest BCUT2D eigenvalue weighted by Crippen LogP contribution is 2.25. The van der Waals surface area contributed by atoms with E-state index < -0.39 is 5.63 Å². The molecule has 27 heavy (non-hydrogen) atoms. The standard InChI is InChI=1S/C20H18N4O3/c1-12-5-7-24-11-17(23-20(24)22-12)16-8-13-2-3-14(9-18(13)27-19(16)25)26-15-4-6-21-10-15/h2-3,5,7-9,11,15,21H,4,6,10H2,1H3. The zero-order chi connectivity index (χ0) is 18.4. The summed E-state index contributed by atoms with van der Waals surface area (Å²) in [5.41, 5.74) is 1.91. The number of nitrogens with one attached hydrogen (secondary N) is 1. The van der Waals surface area contributed by atoms with Crippen LogP contribution in [0.2, 0.25) is 0 Å². The maximum Gasteiger partial charge on any atom is 0.345 e. The van der Waals surface area contributed by atoms with Crippen molar-refractivity contribution in [3.05, 3.63) is 58.8 Å². The van der Waals surface area contributed by atoms with Gasteiger partial charge in [0.05, 0.1) is 11.3 Å². The van der Waals surface area contributed by atoms with E-state index in [-0.39, 0.29) is 6.10 Å². The maximum atomic E-state index is 12.5. The van der Waals surface area contributed by atoms with Gasteiger partial charge in [0.2, 0.25) is 5.78 Å². The summed E-state index contributed by atoms with van der Waals surface area (Å²) in [5.74, 6) is 1.26. The van der Waals surface area contributed by atoms with Gasteiger partial charge in [-0.2, -0.15) is 0 Å². The van der Waals surface area contributed by atoms with E-state index in [4.69, 9.17) is 9.15 Å². The van der Waals surface area contributed by atoms with Crippen molar-refractivity contribution < 1.29 is 9.15 Å². The lowest BCUT2D eigenvalue weighted by Crippen LogP contribution is -2.19. The van der Waals surface area contributed by atoms with Crippen molar-refractivity contribution in [1.29, 1.82) is 0 Å². The Morgan fingerprint density at radius 3 is 3.04 bits per heavy atom. The average molecular weight is 362 g/mol. The Balaban J connectivity index is 1.54. The number of aryl methyl sites for hydroxylation is 1. The third kappa shape index (κ3) is 2.96. The Labute approximate surface area is 154 Å². The van der Waals surface area contributed by atoms with Gasteiger partial charge < -0.3 is 14.5 Å². The maximum absolute atomic E-state index is 12.5. The summed E-state index contributed by atoms with van der Waals surface area (Å²) in [6, 6.07) is 9.27.